The Labute approximate surface area is 156 Å². The summed E-state index contributed by atoms with van der Waals surface area (Å²) in [5, 5.41) is 7.25. The van der Waals surface area contributed by atoms with Gasteiger partial charge in [0.1, 0.15) is 5.69 Å². The number of anilines is 1. The zero-order chi connectivity index (χ0) is 18.4. The average molecular weight is 397 g/mol. The minimum Gasteiger partial charge on any atom is -0.321 e. The number of carbonyl (C=O) groups is 1. The lowest BCUT2D eigenvalue weighted by atomic mass is 10.2. The zero-order valence-electron chi connectivity index (χ0n) is 13.2. The molecule has 2 heterocycles. The van der Waals surface area contributed by atoms with Crippen LogP contribution in [0.5, 0.6) is 0 Å². The van der Waals surface area contributed by atoms with Crippen LogP contribution in [0.25, 0.3) is 5.65 Å². The Kier molecular flexibility index (Phi) is 4.28. The third kappa shape index (κ3) is 3.24. The minimum absolute atomic E-state index is 0.0154. The Morgan fingerprint density at radius 1 is 1.19 bits per heavy atom. The fraction of sp³-hybridized carbons (Fsp3) is 0.235. The van der Waals surface area contributed by atoms with Gasteiger partial charge in [-0.25, -0.2) is 18.3 Å². The van der Waals surface area contributed by atoms with Gasteiger partial charge in [0.15, 0.2) is 11.3 Å². The summed E-state index contributed by atoms with van der Waals surface area (Å²) in [7, 11) is 0. The molecule has 1 fully saturated rings. The second-order valence-corrected chi connectivity index (χ2v) is 6.88. The van der Waals surface area contributed by atoms with Crippen molar-refractivity contribution in [1.82, 2.24) is 14.6 Å². The van der Waals surface area contributed by atoms with E-state index in [9.17, 15) is 13.6 Å². The van der Waals surface area contributed by atoms with Crippen molar-refractivity contribution in [1.29, 1.82) is 0 Å². The largest absolute Gasteiger partial charge is 0.321 e. The lowest BCUT2D eigenvalue weighted by Crippen LogP contribution is -2.13. The van der Waals surface area contributed by atoms with Crippen LogP contribution >= 0.6 is 23.2 Å². The Bertz CT molecular complexity index is 1020. The van der Waals surface area contributed by atoms with Crippen molar-refractivity contribution in [2.75, 3.05) is 5.32 Å². The molecule has 0 radical (unpaired) electrons. The maximum atomic E-state index is 13.4. The van der Waals surface area contributed by atoms with Crippen molar-refractivity contribution in [2.45, 2.75) is 25.2 Å². The number of hydrogen-bond donors (Lipinski definition) is 1. The molecule has 4 rings (SSSR count). The molecule has 9 heteroatoms. The monoisotopic (exact) mass is 396 g/mol. The Balaban J connectivity index is 1.68. The maximum absolute atomic E-state index is 13.4. The van der Waals surface area contributed by atoms with Gasteiger partial charge in [-0.1, -0.05) is 23.2 Å². The van der Waals surface area contributed by atoms with Crippen LogP contribution in [-0.4, -0.2) is 20.5 Å². The molecule has 0 atom stereocenters. The van der Waals surface area contributed by atoms with E-state index in [4.69, 9.17) is 23.2 Å². The Morgan fingerprint density at radius 2 is 1.96 bits per heavy atom. The number of amides is 1. The minimum atomic E-state index is -2.72. The highest BCUT2D eigenvalue weighted by molar-refractivity contribution is 6.42. The van der Waals surface area contributed by atoms with Gasteiger partial charge in [0.05, 0.1) is 10.0 Å². The predicted molar refractivity (Wildman–Crippen MR) is 94.3 cm³/mol. The molecule has 0 unspecified atom stereocenters. The number of halogens is 4. The molecule has 1 aromatic carbocycles. The normalized spacial score (nSPS) is 14.2. The number of benzene rings is 1. The summed E-state index contributed by atoms with van der Waals surface area (Å²) < 4.78 is 27.8. The molecule has 0 spiro atoms. The third-order valence-electron chi connectivity index (χ3n) is 4.10. The van der Waals surface area contributed by atoms with E-state index in [1.807, 2.05) is 0 Å². The molecule has 134 valence electrons. The summed E-state index contributed by atoms with van der Waals surface area (Å²) in [5.74, 6) is -0.344. The highest BCUT2D eigenvalue weighted by atomic mass is 35.5. The fourth-order valence-electron chi connectivity index (χ4n) is 2.64. The molecule has 2 aromatic heterocycles. The smallest absolute Gasteiger partial charge is 0.280 e. The van der Waals surface area contributed by atoms with E-state index in [1.165, 1.54) is 18.2 Å². The van der Waals surface area contributed by atoms with Crippen molar-refractivity contribution in [3.63, 3.8) is 0 Å². The van der Waals surface area contributed by atoms with Crippen LogP contribution in [0.15, 0.2) is 30.3 Å². The van der Waals surface area contributed by atoms with Crippen LogP contribution in [0.2, 0.25) is 10.0 Å². The van der Waals surface area contributed by atoms with E-state index in [1.54, 1.807) is 12.1 Å². The van der Waals surface area contributed by atoms with Crippen LogP contribution in [-0.2, 0) is 0 Å². The van der Waals surface area contributed by atoms with Crippen LogP contribution in [0.3, 0.4) is 0 Å². The first kappa shape index (κ1) is 17.2. The molecule has 1 saturated carbocycles. The maximum Gasteiger partial charge on any atom is 0.280 e. The molecule has 5 nitrogen and oxygen atoms in total. The van der Waals surface area contributed by atoms with Crippen LogP contribution in [0.1, 0.15) is 47.1 Å². The van der Waals surface area contributed by atoms with Gasteiger partial charge >= 0.3 is 0 Å². The molecular weight excluding hydrogens is 385 g/mol. The zero-order valence-corrected chi connectivity index (χ0v) is 14.7. The van der Waals surface area contributed by atoms with Crippen LogP contribution in [0.4, 0.5) is 14.5 Å². The van der Waals surface area contributed by atoms with E-state index in [0.29, 0.717) is 16.4 Å². The number of hydrogen-bond acceptors (Lipinski definition) is 3. The Hall–Kier alpha value is -2.25. The summed E-state index contributed by atoms with van der Waals surface area (Å²) in [6, 6.07) is 7.37. The van der Waals surface area contributed by atoms with Crippen molar-refractivity contribution in [3.8, 4) is 0 Å². The van der Waals surface area contributed by atoms with Gasteiger partial charge in [0.25, 0.3) is 12.3 Å². The first-order valence-electron chi connectivity index (χ1n) is 7.87. The molecule has 0 bridgehead atoms. The number of aromatic nitrogens is 3. The molecule has 3 aromatic rings. The van der Waals surface area contributed by atoms with Gasteiger partial charge in [-0.3, -0.25) is 4.79 Å². The number of fused-ring (bicyclic) bond motifs is 1. The summed E-state index contributed by atoms with van der Waals surface area (Å²) in [4.78, 5) is 16.8. The highest BCUT2D eigenvalue weighted by Gasteiger charge is 2.28. The van der Waals surface area contributed by atoms with Crippen LogP contribution in [0, 0.1) is 0 Å². The van der Waals surface area contributed by atoms with E-state index in [0.717, 1.165) is 17.4 Å². The summed E-state index contributed by atoms with van der Waals surface area (Å²) >= 11 is 11.8. The average Bonchev–Trinajstić information content (AvgIpc) is 3.35. The van der Waals surface area contributed by atoms with Gasteiger partial charge in [0, 0.05) is 23.4 Å². The van der Waals surface area contributed by atoms with E-state index in [-0.39, 0.29) is 28.0 Å². The quantitative estimate of drug-likeness (QED) is 0.666. The molecule has 26 heavy (non-hydrogen) atoms. The van der Waals surface area contributed by atoms with Crippen molar-refractivity contribution < 1.29 is 13.6 Å². The summed E-state index contributed by atoms with van der Waals surface area (Å²) in [6.07, 6.45) is -0.848. The molecule has 1 amide bonds. The third-order valence-corrected chi connectivity index (χ3v) is 4.84. The number of alkyl halides is 2. The van der Waals surface area contributed by atoms with Gasteiger partial charge in [-0.2, -0.15) is 5.10 Å². The highest BCUT2D eigenvalue weighted by Crippen LogP contribution is 2.40. The number of rotatable bonds is 4. The standard InChI is InChI=1S/C17H12Cl2F2N4O/c18-10-4-3-9(5-11(10)19)22-17(26)13-7-15-23-12(8-1-2-8)6-14(16(20)21)25(15)24-13/h3-8,16H,1-2H2,(H,22,26). The second-order valence-electron chi connectivity index (χ2n) is 6.06. The van der Waals surface area contributed by atoms with Gasteiger partial charge in [0.2, 0.25) is 0 Å². The molecule has 1 N–H and O–H groups in total. The topological polar surface area (TPSA) is 59.3 Å². The number of nitrogens with zero attached hydrogens (tertiary/aromatic N) is 3. The van der Waals surface area contributed by atoms with E-state index < -0.39 is 12.3 Å². The number of carbonyl (C=O) groups excluding carboxylic acids is 1. The van der Waals surface area contributed by atoms with Crippen molar-refractivity contribution in [3.05, 3.63) is 57.5 Å². The fourth-order valence-corrected chi connectivity index (χ4v) is 2.94. The Morgan fingerprint density at radius 3 is 2.62 bits per heavy atom. The first-order chi connectivity index (χ1) is 12.4. The predicted octanol–water partition coefficient (Wildman–Crippen LogP) is 5.10. The molecule has 1 aliphatic rings. The van der Waals surface area contributed by atoms with Crippen molar-refractivity contribution >= 4 is 40.4 Å². The molecule has 0 aliphatic heterocycles. The van der Waals surface area contributed by atoms with Crippen LogP contribution < -0.4 is 5.32 Å². The van der Waals surface area contributed by atoms with Gasteiger partial charge in [-0.15, -0.1) is 0 Å². The summed E-state index contributed by atoms with van der Waals surface area (Å²) in [5.41, 5.74) is 0.971. The summed E-state index contributed by atoms with van der Waals surface area (Å²) in [6.45, 7) is 0. The first-order valence-corrected chi connectivity index (χ1v) is 8.63. The lowest BCUT2D eigenvalue weighted by molar-refractivity contribution is 0.102. The van der Waals surface area contributed by atoms with Crippen molar-refractivity contribution in [2.24, 2.45) is 0 Å². The van der Waals surface area contributed by atoms with Gasteiger partial charge in [-0.05, 0) is 37.1 Å². The molecule has 0 saturated heterocycles. The SMILES string of the molecule is O=C(Nc1ccc(Cl)c(Cl)c1)c1cc2nc(C3CC3)cc(C(F)F)n2n1. The van der Waals surface area contributed by atoms with Gasteiger partial charge < -0.3 is 5.32 Å². The molecule has 1 aliphatic carbocycles. The molecular formula is C17H12Cl2F2N4O. The lowest BCUT2D eigenvalue weighted by Gasteiger charge is -2.06. The second kappa shape index (κ2) is 6.48. The van der Waals surface area contributed by atoms with E-state index in [2.05, 4.69) is 15.4 Å². The van der Waals surface area contributed by atoms with E-state index >= 15 is 0 Å². The number of nitrogens with one attached hydrogen (secondary N) is 1.